The Morgan fingerprint density at radius 2 is 2.15 bits per heavy atom. The smallest absolute Gasteiger partial charge is 0.272 e. The molecule has 1 unspecified atom stereocenters. The summed E-state index contributed by atoms with van der Waals surface area (Å²) in [6, 6.07) is 1.99. The average molecular weight is 366 g/mol. The number of likely N-dealkylation sites (tertiary alicyclic amines) is 1. The summed E-state index contributed by atoms with van der Waals surface area (Å²) in [5.41, 5.74) is 4.15. The zero-order valence-corrected chi connectivity index (χ0v) is 15.8. The lowest BCUT2D eigenvalue weighted by Gasteiger charge is -2.32. The summed E-state index contributed by atoms with van der Waals surface area (Å²) in [5, 5.41) is 7.91. The van der Waals surface area contributed by atoms with Gasteiger partial charge in [0.15, 0.2) is 0 Å². The molecule has 0 spiro atoms. The summed E-state index contributed by atoms with van der Waals surface area (Å²) in [4.78, 5) is 24.5. The van der Waals surface area contributed by atoms with Crippen LogP contribution in [-0.2, 0) is 20.0 Å². The van der Waals surface area contributed by atoms with Crippen LogP contribution in [0.15, 0.2) is 12.3 Å². The van der Waals surface area contributed by atoms with E-state index in [0.29, 0.717) is 18.2 Å². The van der Waals surface area contributed by atoms with Crippen LogP contribution in [0.25, 0.3) is 0 Å². The lowest BCUT2D eigenvalue weighted by Crippen LogP contribution is -2.40. The first kappa shape index (κ1) is 16.9. The molecule has 2 aromatic heterocycles. The number of aryl methyl sites for hydroxylation is 1. The van der Waals surface area contributed by atoms with Crippen LogP contribution in [0.4, 0.5) is 0 Å². The summed E-state index contributed by atoms with van der Waals surface area (Å²) in [7, 11) is 1.88. The fourth-order valence-electron chi connectivity index (χ4n) is 4.25. The number of carbonyl (C=O) groups excluding carboxylic acids is 1. The molecule has 3 aliphatic rings. The second-order valence-corrected chi connectivity index (χ2v) is 8.07. The van der Waals surface area contributed by atoms with E-state index < -0.39 is 0 Å². The van der Waals surface area contributed by atoms with Crippen LogP contribution < -0.4 is 5.32 Å². The molecule has 4 heterocycles. The highest BCUT2D eigenvalue weighted by Crippen LogP contribution is 2.39. The fourth-order valence-corrected chi connectivity index (χ4v) is 4.25. The molecule has 1 amide bonds. The molecular formula is C20H26N6O. The lowest BCUT2D eigenvalue weighted by atomic mass is 9.96. The maximum atomic E-state index is 13.1. The number of hydrogen-bond acceptors (Lipinski definition) is 5. The van der Waals surface area contributed by atoms with Crippen LogP contribution in [0, 0.1) is 0 Å². The van der Waals surface area contributed by atoms with Gasteiger partial charge in [0, 0.05) is 68.9 Å². The minimum Gasteiger partial charge on any atom is -0.337 e. The van der Waals surface area contributed by atoms with E-state index in [4.69, 9.17) is 4.98 Å². The van der Waals surface area contributed by atoms with Crippen molar-refractivity contribution in [1.29, 1.82) is 0 Å². The third kappa shape index (κ3) is 3.25. The van der Waals surface area contributed by atoms with Crippen molar-refractivity contribution in [2.45, 2.75) is 50.5 Å². The van der Waals surface area contributed by atoms with E-state index in [1.165, 1.54) is 24.1 Å². The van der Waals surface area contributed by atoms with Gasteiger partial charge in [0.2, 0.25) is 0 Å². The number of aromatic nitrogens is 4. The molecular weight excluding hydrogens is 340 g/mol. The molecule has 27 heavy (non-hydrogen) atoms. The van der Waals surface area contributed by atoms with Crippen LogP contribution in [0.5, 0.6) is 0 Å². The van der Waals surface area contributed by atoms with Gasteiger partial charge in [-0.1, -0.05) is 0 Å². The van der Waals surface area contributed by atoms with Gasteiger partial charge in [0.1, 0.15) is 11.5 Å². The van der Waals surface area contributed by atoms with E-state index >= 15 is 0 Å². The molecule has 1 atom stereocenters. The van der Waals surface area contributed by atoms with Crippen molar-refractivity contribution < 1.29 is 4.79 Å². The van der Waals surface area contributed by atoms with Crippen molar-refractivity contribution in [2.24, 2.45) is 7.05 Å². The van der Waals surface area contributed by atoms with Gasteiger partial charge in [-0.2, -0.15) is 5.10 Å². The number of nitrogens with one attached hydrogen (secondary N) is 1. The number of rotatable bonds is 3. The molecule has 0 bridgehead atoms. The van der Waals surface area contributed by atoms with Crippen molar-refractivity contribution in [2.75, 3.05) is 19.6 Å². The zero-order chi connectivity index (χ0) is 18.4. The summed E-state index contributed by atoms with van der Waals surface area (Å²) in [6.45, 7) is 3.32. The molecule has 7 heteroatoms. The third-order valence-corrected chi connectivity index (χ3v) is 6.01. The number of nitrogens with zero attached hydrogens (tertiary/aromatic N) is 5. The molecule has 5 rings (SSSR count). The fraction of sp³-hybridized carbons (Fsp3) is 0.600. The SMILES string of the molecule is Cn1nc(C2CC2)cc1C(=O)N1CCCC(c2ncc3c(n2)CCNC3)C1. The topological polar surface area (TPSA) is 75.9 Å². The van der Waals surface area contributed by atoms with Crippen LogP contribution in [0.2, 0.25) is 0 Å². The average Bonchev–Trinajstić information content (AvgIpc) is 3.49. The molecule has 0 radical (unpaired) electrons. The van der Waals surface area contributed by atoms with Crippen LogP contribution >= 0.6 is 0 Å². The minimum atomic E-state index is 0.0868. The van der Waals surface area contributed by atoms with E-state index in [0.717, 1.165) is 50.4 Å². The standard InChI is InChI=1S/C20H26N6O/c1-25-18(9-17(24-25)13-4-5-13)20(27)26-8-2-3-14(12-26)19-22-11-15-10-21-7-6-16(15)23-19/h9,11,13-14,21H,2-8,10,12H2,1H3. The number of hydrogen-bond donors (Lipinski definition) is 1. The third-order valence-electron chi connectivity index (χ3n) is 6.01. The van der Waals surface area contributed by atoms with Gasteiger partial charge < -0.3 is 10.2 Å². The van der Waals surface area contributed by atoms with Crippen LogP contribution in [0.3, 0.4) is 0 Å². The number of carbonyl (C=O) groups is 1. The highest BCUT2D eigenvalue weighted by molar-refractivity contribution is 5.92. The molecule has 142 valence electrons. The van der Waals surface area contributed by atoms with E-state index in [2.05, 4.69) is 15.4 Å². The van der Waals surface area contributed by atoms with Crippen LogP contribution in [0.1, 0.15) is 70.8 Å². The molecule has 2 aliphatic heterocycles. The highest BCUT2D eigenvalue weighted by atomic mass is 16.2. The lowest BCUT2D eigenvalue weighted by molar-refractivity contribution is 0.0693. The largest absolute Gasteiger partial charge is 0.337 e. The first-order chi connectivity index (χ1) is 13.2. The zero-order valence-electron chi connectivity index (χ0n) is 15.8. The Bertz CT molecular complexity index is 871. The molecule has 0 aromatic carbocycles. The maximum Gasteiger partial charge on any atom is 0.272 e. The van der Waals surface area contributed by atoms with Gasteiger partial charge in [-0.15, -0.1) is 0 Å². The molecule has 7 nitrogen and oxygen atoms in total. The summed E-state index contributed by atoms with van der Waals surface area (Å²) in [6.07, 6.45) is 7.35. The molecule has 1 aliphatic carbocycles. The Morgan fingerprint density at radius 3 is 3.00 bits per heavy atom. The van der Waals surface area contributed by atoms with E-state index in [-0.39, 0.29) is 11.8 Å². The van der Waals surface area contributed by atoms with Crippen molar-refractivity contribution in [3.8, 4) is 0 Å². The van der Waals surface area contributed by atoms with Gasteiger partial charge in [-0.05, 0) is 31.7 Å². The van der Waals surface area contributed by atoms with Crippen molar-refractivity contribution in [3.63, 3.8) is 0 Å². The first-order valence-corrected chi connectivity index (χ1v) is 10.1. The normalized spacial score (nSPS) is 22.6. The quantitative estimate of drug-likeness (QED) is 0.896. The predicted molar refractivity (Wildman–Crippen MR) is 101 cm³/mol. The molecule has 1 N–H and O–H groups in total. The van der Waals surface area contributed by atoms with Crippen molar-refractivity contribution in [3.05, 3.63) is 40.7 Å². The maximum absolute atomic E-state index is 13.1. The first-order valence-electron chi connectivity index (χ1n) is 10.1. The van der Waals surface area contributed by atoms with Crippen molar-refractivity contribution >= 4 is 5.91 Å². The van der Waals surface area contributed by atoms with Gasteiger partial charge in [0.05, 0.1) is 5.69 Å². The van der Waals surface area contributed by atoms with E-state index in [1.54, 1.807) is 4.68 Å². The second kappa shape index (κ2) is 6.71. The van der Waals surface area contributed by atoms with Crippen LogP contribution in [-0.4, -0.2) is 50.2 Å². The Balaban J connectivity index is 1.34. The Labute approximate surface area is 159 Å². The highest BCUT2D eigenvalue weighted by Gasteiger charge is 2.32. The minimum absolute atomic E-state index is 0.0868. The molecule has 1 saturated carbocycles. The summed E-state index contributed by atoms with van der Waals surface area (Å²) >= 11 is 0. The Hall–Kier alpha value is -2.28. The summed E-state index contributed by atoms with van der Waals surface area (Å²) < 4.78 is 1.75. The monoisotopic (exact) mass is 366 g/mol. The number of piperidine rings is 1. The Morgan fingerprint density at radius 1 is 1.26 bits per heavy atom. The predicted octanol–water partition coefficient (Wildman–Crippen LogP) is 1.75. The molecule has 1 saturated heterocycles. The second-order valence-electron chi connectivity index (χ2n) is 8.07. The number of amides is 1. The molecule has 2 aromatic rings. The number of fused-ring (bicyclic) bond motifs is 1. The van der Waals surface area contributed by atoms with E-state index in [1.807, 2.05) is 24.2 Å². The molecule has 2 fully saturated rings. The van der Waals surface area contributed by atoms with Gasteiger partial charge in [-0.3, -0.25) is 9.48 Å². The summed E-state index contributed by atoms with van der Waals surface area (Å²) in [5.74, 6) is 1.77. The van der Waals surface area contributed by atoms with Crippen molar-refractivity contribution in [1.82, 2.24) is 30.0 Å². The van der Waals surface area contributed by atoms with Gasteiger partial charge in [0.25, 0.3) is 5.91 Å². The van der Waals surface area contributed by atoms with Gasteiger partial charge in [-0.25, -0.2) is 9.97 Å². The van der Waals surface area contributed by atoms with Gasteiger partial charge >= 0.3 is 0 Å². The van der Waals surface area contributed by atoms with E-state index in [9.17, 15) is 4.79 Å². The Kier molecular flexibility index (Phi) is 4.19.